The molecule has 1 aromatic heterocycles. The zero-order valence-corrected chi connectivity index (χ0v) is 11.7. The van der Waals surface area contributed by atoms with E-state index in [0.717, 1.165) is 10.1 Å². The summed E-state index contributed by atoms with van der Waals surface area (Å²) in [4.78, 5) is 11.2. The van der Waals surface area contributed by atoms with Crippen LogP contribution in [-0.2, 0) is 16.0 Å². The minimum Gasteiger partial charge on any atom is -0.395 e. The molecule has 1 aromatic carbocycles. The Balaban J connectivity index is 1.80. The number of carbonyl (C=O) groups is 1. The van der Waals surface area contributed by atoms with E-state index < -0.39 is 0 Å². The van der Waals surface area contributed by atoms with Crippen molar-refractivity contribution >= 4 is 27.3 Å². The molecule has 108 valence electrons. The fourth-order valence-electron chi connectivity index (χ4n) is 1.82. The maximum atomic E-state index is 13.8. The summed E-state index contributed by atoms with van der Waals surface area (Å²) in [6.45, 7) is 0.310. The second kappa shape index (κ2) is 7.33. The summed E-state index contributed by atoms with van der Waals surface area (Å²) in [6, 6.07) is 5.30. The number of thiophene rings is 1. The summed E-state index contributed by atoms with van der Waals surface area (Å²) in [5, 5.41) is 14.0. The minimum atomic E-state index is -0.284. The van der Waals surface area contributed by atoms with Crippen molar-refractivity contribution < 1.29 is 19.0 Å². The lowest BCUT2D eigenvalue weighted by molar-refractivity contribution is -0.125. The number of aliphatic hydroxyl groups excluding tert-OH is 1. The Labute approximate surface area is 120 Å². The Morgan fingerprint density at radius 3 is 3.10 bits per heavy atom. The van der Waals surface area contributed by atoms with E-state index in [1.165, 1.54) is 17.4 Å². The monoisotopic (exact) mass is 297 g/mol. The first-order valence-corrected chi connectivity index (χ1v) is 7.19. The van der Waals surface area contributed by atoms with E-state index in [2.05, 4.69) is 5.32 Å². The summed E-state index contributed by atoms with van der Waals surface area (Å²) in [5.74, 6) is -0.527. The van der Waals surface area contributed by atoms with Gasteiger partial charge < -0.3 is 15.2 Å². The molecule has 0 fully saturated rings. The number of aliphatic hydroxyl groups is 1. The molecule has 0 aliphatic heterocycles. The molecule has 2 N–H and O–H groups in total. The largest absolute Gasteiger partial charge is 0.395 e. The normalized spacial score (nSPS) is 10.9. The molecule has 0 saturated heterocycles. The zero-order chi connectivity index (χ0) is 14.4. The Morgan fingerprint density at radius 1 is 1.45 bits per heavy atom. The lowest BCUT2D eigenvalue weighted by atomic mass is 10.1. The lowest BCUT2D eigenvalue weighted by Crippen LogP contribution is -2.30. The summed E-state index contributed by atoms with van der Waals surface area (Å²) in [5.41, 5.74) is 0.590. The molecule has 0 radical (unpaired) electrons. The van der Waals surface area contributed by atoms with Crippen molar-refractivity contribution in [3.63, 3.8) is 0 Å². The lowest BCUT2D eigenvalue weighted by Gasteiger charge is -2.06. The van der Waals surface area contributed by atoms with E-state index in [9.17, 15) is 9.18 Å². The van der Waals surface area contributed by atoms with Crippen LogP contribution in [0.4, 0.5) is 4.39 Å². The molecule has 0 aliphatic carbocycles. The number of hydrogen-bond donors (Lipinski definition) is 2. The Morgan fingerprint density at radius 2 is 2.30 bits per heavy atom. The van der Waals surface area contributed by atoms with Crippen LogP contribution in [0.25, 0.3) is 10.1 Å². The average Bonchev–Trinajstić information content (AvgIpc) is 2.88. The number of halogens is 1. The summed E-state index contributed by atoms with van der Waals surface area (Å²) >= 11 is 1.51. The number of nitrogens with one attached hydrogen (secondary N) is 1. The Kier molecular flexibility index (Phi) is 5.46. The number of carbonyl (C=O) groups excluding carboxylic acids is 1. The Hall–Kier alpha value is -1.50. The molecule has 0 aliphatic rings. The highest BCUT2D eigenvalue weighted by atomic mass is 32.1. The van der Waals surface area contributed by atoms with Crippen LogP contribution in [0.3, 0.4) is 0 Å². The van der Waals surface area contributed by atoms with Crippen molar-refractivity contribution in [2.75, 3.05) is 26.4 Å². The molecule has 4 nitrogen and oxygen atoms in total. The molecule has 2 aromatic rings. The first kappa shape index (κ1) is 14.9. The third-order valence-corrected chi connectivity index (χ3v) is 3.68. The van der Waals surface area contributed by atoms with Crippen LogP contribution in [-0.4, -0.2) is 37.4 Å². The van der Waals surface area contributed by atoms with E-state index in [-0.39, 0.29) is 38.1 Å². The summed E-state index contributed by atoms with van der Waals surface area (Å²) in [7, 11) is 0. The van der Waals surface area contributed by atoms with E-state index in [0.29, 0.717) is 12.0 Å². The number of ether oxygens (including phenoxy) is 1. The summed E-state index contributed by atoms with van der Waals surface area (Å²) in [6.07, 6.45) is 0.422. The van der Waals surface area contributed by atoms with Crippen LogP contribution in [0.2, 0.25) is 0 Å². The van der Waals surface area contributed by atoms with Gasteiger partial charge >= 0.3 is 0 Å². The van der Waals surface area contributed by atoms with E-state index in [1.54, 1.807) is 0 Å². The second-order valence-corrected chi connectivity index (χ2v) is 5.23. The molecule has 0 unspecified atom stereocenters. The zero-order valence-electron chi connectivity index (χ0n) is 10.9. The van der Waals surface area contributed by atoms with E-state index in [4.69, 9.17) is 9.84 Å². The van der Waals surface area contributed by atoms with Gasteiger partial charge in [-0.2, -0.15) is 0 Å². The van der Waals surface area contributed by atoms with Gasteiger partial charge in [-0.3, -0.25) is 4.79 Å². The van der Waals surface area contributed by atoms with Crippen molar-refractivity contribution in [2.45, 2.75) is 6.42 Å². The SMILES string of the molecule is O=C(COCCc1cc2ccsc2cc1F)NCCO. The van der Waals surface area contributed by atoms with Crippen LogP contribution in [0.1, 0.15) is 5.56 Å². The number of amides is 1. The van der Waals surface area contributed by atoms with E-state index in [1.807, 2.05) is 17.5 Å². The van der Waals surface area contributed by atoms with Gasteiger partial charge in [0.1, 0.15) is 12.4 Å². The molecular weight excluding hydrogens is 281 g/mol. The van der Waals surface area contributed by atoms with Gasteiger partial charge in [0.05, 0.1) is 13.2 Å². The van der Waals surface area contributed by atoms with Crippen LogP contribution in [0, 0.1) is 5.82 Å². The van der Waals surface area contributed by atoms with Crippen molar-refractivity contribution in [1.29, 1.82) is 0 Å². The smallest absolute Gasteiger partial charge is 0.246 e. The highest BCUT2D eigenvalue weighted by molar-refractivity contribution is 7.17. The van der Waals surface area contributed by atoms with Crippen molar-refractivity contribution in [2.24, 2.45) is 0 Å². The van der Waals surface area contributed by atoms with Crippen LogP contribution in [0.15, 0.2) is 23.6 Å². The fourth-order valence-corrected chi connectivity index (χ4v) is 2.61. The van der Waals surface area contributed by atoms with Crippen molar-refractivity contribution in [3.8, 4) is 0 Å². The highest BCUT2D eigenvalue weighted by Gasteiger charge is 2.06. The first-order valence-electron chi connectivity index (χ1n) is 6.31. The molecule has 2 rings (SSSR count). The maximum absolute atomic E-state index is 13.8. The number of benzene rings is 1. The third kappa shape index (κ3) is 4.00. The van der Waals surface area contributed by atoms with Gasteiger partial charge in [0.25, 0.3) is 0 Å². The molecule has 20 heavy (non-hydrogen) atoms. The predicted octanol–water partition coefficient (Wildman–Crippen LogP) is 1.71. The van der Waals surface area contributed by atoms with Crippen LogP contribution >= 0.6 is 11.3 Å². The average molecular weight is 297 g/mol. The number of hydrogen-bond acceptors (Lipinski definition) is 4. The molecule has 0 saturated carbocycles. The predicted molar refractivity (Wildman–Crippen MR) is 76.4 cm³/mol. The van der Waals surface area contributed by atoms with Gasteiger partial charge in [0.15, 0.2) is 0 Å². The van der Waals surface area contributed by atoms with Crippen LogP contribution < -0.4 is 5.32 Å². The van der Waals surface area contributed by atoms with Gasteiger partial charge in [-0.25, -0.2) is 4.39 Å². The van der Waals surface area contributed by atoms with Gasteiger partial charge in [-0.05, 0) is 40.9 Å². The quantitative estimate of drug-likeness (QED) is 0.765. The molecule has 1 heterocycles. The first-order chi connectivity index (χ1) is 9.70. The Bertz CT molecular complexity index is 585. The molecule has 1 amide bonds. The van der Waals surface area contributed by atoms with Crippen LogP contribution in [0.5, 0.6) is 0 Å². The van der Waals surface area contributed by atoms with Gasteiger partial charge in [0, 0.05) is 11.2 Å². The van der Waals surface area contributed by atoms with Gasteiger partial charge in [-0.1, -0.05) is 0 Å². The second-order valence-electron chi connectivity index (χ2n) is 4.28. The fraction of sp³-hybridized carbons (Fsp3) is 0.357. The highest BCUT2D eigenvalue weighted by Crippen LogP contribution is 2.24. The standard InChI is InChI=1S/C14H16FNO3S/c15-12-8-13-11(2-6-20-13)7-10(12)1-5-19-9-14(18)16-3-4-17/h2,6-8,17H,1,3-5,9H2,(H,16,18). The minimum absolute atomic E-state index is 0.0810. The summed E-state index contributed by atoms with van der Waals surface area (Å²) < 4.78 is 19.9. The van der Waals surface area contributed by atoms with Crippen molar-refractivity contribution in [1.82, 2.24) is 5.32 Å². The molecule has 0 atom stereocenters. The molecule has 6 heteroatoms. The van der Waals surface area contributed by atoms with Gasteiger partial charge in [-0.15, -0.1) is 11.3 Å². The van der Waals surface area contributed by atoms with Gasteiger partial charge in [0.2, 0.25) is 5.91 Å². The van der Waals surface area contributed by atoms with Crippen molar-refractivity contribution in [3.05, 3.63) is 35.0 Å². The molecule has 0 spiro atoms. The number of fused-ring (bicyclic) bond motifs is 1. The maximum Gasteiger partial charge on any atom is 0.246 e. The molecule has 0 bridgehead atoms. The number of rotatable bonds is 7. The topological polar surface area (TPSA) is 58.6 Å². The third-order valence-electron chi connectivity index (χ3n) is 2.80. The molecular formula is C14H16FNO3S. The van der Waals surface area contributed by atoms with E-state index >= 15 is 0 Å².